The Kier molecular flexibility index (Phi) is 4.88. The summed E-state index contributed by atoms with van der Waals surface area (Å²) < 4.78 is 11.8. The van der Waals surface area contributed by atoms with Gasteiger partial charge < -0.3 is 14.1 Å². The van der Waals surface area contributed by atoms with Crippen molar-refractivity contribution < 1.29 is 9.15 Å². The van der Waals surface area contributed by atoms with E-state index in [-0.39, 0.29) is 0 Å². The van der Waals surface area contributed by atoms with Crippen molar-refractivity contribution in [3.8, 4) is 0 Å². The third kappa shape index (κ3) is 3.57. The van der Waals surface area contributed by atoms with Crippen LogP contribution in [0.25, 0.3) is 5.57 Å². The van der Waals surface area contributed by atoms with Crippen molar-refractivity contribution in [2.75, 3.05) is 19.9 Å². The van der Waals surface area contributed by atoms with Crippen LogP contribution in [-0.4, -0.2) is 35.6 Å². The van der Waals surface area contributed by atoms with Crippen LogP contribution in [0.4, 0.5) is 0 Å². The molecule has 1 N–H and O–H groups in total. The first-order chi connectivity index (χ1) is 13.8. The minimum atomic E-state index is 0.297. The standard InChI is InChI=1S/C20H19ClN4O2S/c21-15-2-4-16(5-3-15)28-20-18(14-1-6-17-24-22-12-25(17)11-14)23-19(27-20)13-7-9-26-10-8-13/h1-6,11,13,22H,7-10,12H2. The number of nitrogens with one attached hydrogen (secondary N) is 1. The second kappa shape index (κ2) is 7.66. The number of nitrogens with zero attached hydrogens (tertiary/aromatic N) is 3. The first-order valence-corrected chi connectivity index (χ1v) is 10.4. The van der Waals surface area contributed by atoms with Gasteiger partial charge in [-0.1, -0.05) is 11.6 Å². The summed E-state index contributed by atoms with van der Waals surface area (Å²) in [4.78, 5) is 8.04. The Morgan fingerprint density at radius 1 is 1.14 bits per heavy atom. The number of benzene rings is 1. The Labute approximate surface area is 172 Å². The molecule has 1 saturated heterocycles. The van der Waals surface area contributed by atoms with Crippen LogP contribution < -0.4 is 5.43 Å². The van der Waals surface area contributed by atoms with Gasteiger partial charge in [0.15, 0.2) is 16.8 Å². The van der Waals surface area contributed by atoms with Gasteiger partial charge in [-0.25, -0.2) is 4.98 Å². The summed E-state index contributed by atoms with van der Waals surface area (Å²) in [5, 5.41) is 5.77. The molecule has 0 bridgehead atoms. The number of oxazole rings is 1. The predicted octanol–water partition coefficient (Wildman–Crippen LogP) is 4.46. The third-order valence-electron chi connectivity index (χ3n) is 4.92. The van der Waals surface area contributed by atoms with Crippen molar-refractivity contribution in [3.05, 3.63) is 59.2 Å². The van der Waals surface area contributed by atoms with E-state index in [1.807, 2.05) is 36.4 Å². The monoisotopic (exact) mass is 414 g/mol. The molecule has 4 heterocycles. The fraction of sp³-hybridized carbons (Fsp3) is 0.300. The number of rotatable bonds is 4. The fourth-order valence-electron chi connectivity index (χ4n) is 3.40. The summed E-state index contributed by atoms with van der Waals surface area (Å²) in [6, 6.07) is 7.76. The molecule has 28 heavy (non-hydrogen) atoms. The summed E-state index contributed by atoms with van der Waals surface area (Å²) >= 11 is 7.60. The van der Waals surface area contributed by atoms with E-state index in [9.17, 15) is 0 Å². The quantitative estimate of drug-likeness (QED) is 0.796. The molecule has 1 fully saturated rings. The van der Waals surface area contributed by atoms with Crippen LogP contribution in [0.3, 0.4) is 0 Å². The average molecular weight is 415 g/mol. The van der Waals surface area contributed by atoms with E-state index in [2.05, 4.69) is 21.6 Å². The highest BCUT2D eigenvalue weighted by atomic mass is 35.5. The Morgan fingerprint density at radius 2 is 1.96 bits per heavy atom. The van der Waals surface area contributed by atoms with Gasteiger partial charge in [0.2, 0.25) is 0 Å². The van der Waals surface area contributed by atoms with Crippen molar-refractivity contribution in [1.29, 1.82) is 0 Å². The van der Waals surface area contributed by atoms with E-state index >= 15 is 0 Å². The van der Waals surface area contributed by atoms with Crippen molar-refractivity contribution in [1.82, 2.24) is 15.3 Å². The normalized spacial score (nSPS) is 19.2. The molecule has 8 heteroatoms. The van der Waals surface area contributed by atoms with Crippen LogP contribution in [0.15, 0.2) is 62.1 Å². The van der Waals surface area contributed by atoms with E-state index < -0.39 is 0 Å². The van der Waals surface area contributed by atoms with Gasteiger partial charge in [0.05, 0.1) is 0 Å². The van der Waals surface area contributed by atoms with Gasteiger partial charge in [-0.2, -0.15) is 5.10 Å². The molecule has 0 radical (unpaired) electrons. The highest BCUT2D eigenvalue weighted by Crippen LogP contribution is 2.39. The third-order valence-corrected chi connectivity index (χ3v) is 6.14. The lowest BCUT2D eigenvalue weighted by molar-refractivity contribution is 0.0786. The minimum absolute atomic E-state index is 0.297. The van der Waals surface area contributed by atoms with E-state index in [0.29, 0.717) is 12.6 Å². The largest absolute Gasteiger partial charge is 0.433 e. The molecule has 3 aliphatic heterocycles. The number of aromatic nitrogens is 1. The number of allylic oxidation sites excluding steroid dienone is 2. The summed E-state index contributed by atoms with van der Waals surface area (Å²) in [5.41, 5.74) is 4.87. The van der Waals surface area contributed by atoms with E-state index in [0.717, 1.165) is 64.1 Å². The smallest absolute Gasteiger partial charge is 0.199 e. The van der Waals surface area contributed by atoms with Gasteiger partial charge in [0.1, 0.15) is 12.4 Å². The van der Waals surface area contributed by atoms with Gasteiger partial charge in [-0.15, -0.1) is 0 Å². The Balaban J connectivity index is 1.50. The van der Waals surface area contributed by atoms with Gasteiger partial charge in [0, 0.05) is 40.8 Å². The molecule has 0 atom stereocenters. The average Bonchev–Trinajstić information content (AvgIpc) is 3.37. The van der Waals surface area contributed by atoms with Crippen LogP contribution in [0, 0.1) is 0 Å². The van der Waals surface area contributed by atoms with Gasteiger partial charge in [-0.05, 0) is 61.0 Å². The van der Waals surface area contributed by atoms with Crippen LogP contribution in [0.2, 0.25) is 5.02 Å². The van der Waals surface area contributed by atoms with Crippen LogP contribution >= 0.6 is 23.4 Å². The number of ether oxygens (including phenoxy) is 1. The lowest BCUT2D eigenvalue weighted by Crippen LogP contribution is -2.24. The number of hydrogen-bond donors (Lipinski definition) is 1. The zero-order valence-corrected chi connectivity index (χ0v) is 16.7. The minimum Gasteiger partial charge on any atom is -0.433 e. The SMILES string of the molecule is Clc1ccc(Sc2oc(C3CCOCC3)nc2C2=CN3CNN=C3C=C2)cc1. The lowest BCUT2D eigenvalue weighted by Gasteiger charge is -2.18. The Bertz CT molecular complexity index is 961. The second-order valence-corrected chi connectivity index (χ2v) is 8.29. The lowest BCUT2D eigenvalue weighted by atomic mass is 10.0. The highest BCUT2D eigenvalue weighted by Gasteiger charge is 2.27. The summed E-state index contributed by atoms with van der Waals surface area (Å²) in [7, 11) is 0. The number of fused-ring (bicyclic) bond motifs is 1. The maximum Gasteiger partial charge on any atom is 0.199 e. The van der Waals surface area contributed by atoms with Gasteiger partial charge in [0.25, 0.3) is 0 Å². The first kappa shape index (κ1) is 17.8. The number of hydrogen-bond acceptors (Lipinski definition) is 7. The molecule has 2 aromatic rings. The van der Waals surface area contributed by atoms with Crippen LogP contribution in [-0.2, 0) is 4.74 Å². The maximum absolute atomic E-state index is 6.28. The van der Waals surface area contributed by atoms with Crippen LogP contribution in [0.1, 0.15) is 30.3 Å². The predicted molar refractivity (Wildman–Crippen MR) is 109 cm³/mol. The topological polar surface area (TPSA) is 62.9 Å². The van der Waals surface area contributed by atoms with Crippen LogP contribution in [0.5, 0.6) is 0 Å². The molecule has 0 aliphatic carbocycles. The Hall–Kier alpha value is -2.22. The fourth-order valence-corrected chi connectivity index (χ4v) is 4.40. The molecule has 0 unspecified atom stereocenters. The number of amidine groups is 1. The van der Waals surface area contributed by atoms with Gasteiger partial charge in [-0.3, -0.25) is 5.43 Å². The molecule has 0 saturated carbocycles. The van der Waals surface area contributed by atoms with E-state index in [4.69, 9.17) is 25.7 Å². The molecule has 144 valence electrons. The first-order valence-electron chi connectivity index (χ1n) is 9.25. The van der Waals surface area contributed by atoms with Gasteiger partial charge >= 0.3 is 0 Å². The van der Waals surface area contributed by atoms with Crippen molar-refractivity contribution in [3.63, 3.8) is 0 Å². The molecule has 5 rings (SSSR count). The molecule has 0 amide bonds. The van der Waals surface area contributed by atoms with Crippen molar-refractivity contribution >= 4 is 34.8 Å². The summed E-state index contributed by atoms with van der Waals surface area (Å²) in [5.74, 6) is 2.00. The zero-order valence-electron chi connectivity index (χ0n) is 15.1. The molecular weight excluding hydrogens is 396 g/mol. The van der Waals surface area contributed by atoms with E-state index in [1.165, 1.54) is 0 Å². The van der Waals surface area contributed by atoms with E-state index in [1.54, 1.807) is 11.8 Å². The molecule has 1 aromatic carbocycles. The summed E-state index contributed by atoms with van der Waals surface area (Å²) in [6.45, 7) is 2.17. The zero-order chi connectivity index (χ0) is 18.9. The number of hydrazone groups is 1. The molecular formula is C20H19ClN4O2S. The molecule has 6 nitrogen and oxygen atoms in total. The second-order valence-electron chi connectivity index (χ2n) is 6.80. The Morgan fingerprint density at radius 3 is 2.79 bits per heavy atom. The number of halogens is 1. The van der Waals surface area contributed by atoms with Crippen molar-refractivity contribution in [2.45, 2.75) is 28.7 Å². The summed E-state index contributed by atoms with van der Waals surface area (Å²) in [6.07, 6.45) is 7.98. The molecule has 3 aliphatic rings. The molecule has 1 aromatic heterocycles. The maximum atomic E-state index is 6.28. The van der Waals surface area contributed by atoms with Crippen molar-refractivity contribution in [2.24, 2.45) is 5.10 Å². The highest BCUT2D eigenvalue weighted by molar-refractivity contribution is 7.99. The molecule has 0 spiro atoms.